The molecule has 0 spiro atoms. The molecule has 0 unspecified atom stereocenters. The summed E-state index contributed by atoms with van der Waals surface area (Å²) in [7, 11) is 1.30. The van der Waals surface area contributed by atoms with Gasteiger partial charge in [0.25, 0.3) is 0 Å². The average Bonchev–Trinajstić information content (AvgIpc) is 2.66. The van der Waals surface area contributed by atoms with Gasteiger partial charge in [0.2, 0.25) is 0 Å². The Labute approximate surface area is 148 Å². The molecule has 0 saturated heterocycles. The van der Waals surface area contributed by atoms with E-state index in [9.17, 15) is 9.59 Å². The van der Waals surface area contributed by atoms with Crippen molar-refractivity contribution in [1.29, 1.82) is 0 Å². The van der Waals surface area contributed by atoms with Crippen LogP contribution in [-0.2, 0) is 27.1 Å². The Morgan fingerprint density at radius 1 is 0.960 bits per heavy atom. The van der Waals surface area contributed by atoms with E-state index in [4.69, 9.17) is 9.47 Å². The van der Waals surface area contributed by atoms with Gasteiger partial charge < -0.3 is 14.8 Å². The monoisotopic (exact) mass is 341 g/mol. The zero-order chi connectivity index (χ0) is 17.9. The van der Waals surface area contributed by atoms with Gasteiger partial charge in [-0.05, 0) is 24.0 Å². The molecular weight excluding hydrogens is 318 g/mol. The smallest absolute Gasteiger partial charge is 0.407 e. The van der Waals surface area contributed by atoms with Crippen molar-refractivity contribution in [3.63, 3.8) is 0 Å². The molecule has 0 radical (unpaired) electrons. The van der Waals surface area contributed by atoms with E-state index in [1.54, 1.807) is 0 Å². The van der Waals surface area contributed by atoms with E-state index in [1.807, 2.05) is 60.7 Å². The van der Waals surface area contributed by atoms with Gasteiger partial charge in [-0.2, -0.15) is 0 Å². The first kappa shape index (κ1) is 18.5. The van der Waals surface area contributed by atoms with Crippen molar-refractivity contribution in [2.45, 2.75) is 25.3 Å². The van der Waals surface area contributed by atoms with E-state index in [-0.39, 0.29) is 0 Å². The predicted molar refractivity (Wildman–Crippen MR) is 95.2 cm³/mol. The van der Waals surface area contributed by atoms with Crippen molar-refractivity contribution in [1.82, 2.24) is 5.32 Å². The summed E-state index contributed by atoms with van der Waals surface area (Å²) in [5.74, 6) is -0.495. The Balaban J connectivity index is 1.77. The van der Waals surface area contributed by atoms with E-state index in [1.165, 1.54) is 12.7 Å². The SMILES string of the molecule is COC(=O)[C@H](Cc1ccccc1)NC(=O)OCCCc1ccccc1. The molecule has 0 saturated carbocycles. The Bertz CT molecular complexity index is 658. The van der Waals surface area contributed by atoms with E-state index < -0.39 is 18.1 Å². The molecule has 0 aliphatic rings. The summed E-state index contributed by atoms with van der Waals surface area (Å²) in [6.45, 7) is 0.292. The lowest BCUT2D eigenvalue weighted by Gasteiger charge is -2.16. The highest BCUT2D eigenvalue weighted by Gasteiger charge is 2.22. The van der Waals surface area contributed by atoms with E-state index in [0.717, 1.165) is 18.4 Å². The minimum absolute atomic E-state index is 0.292. The first-order chi connectivity index (χ1) is 12.2. The maximum absolute atomic E-state index is 11.9. The first-order valence-electron chi connectivity index (χ1n) is 8.28. The Hall–Kier alpha value is -2.82. The van der Waals surface area contributed by atoms with E-state index in [0.29, 0.717) is 13.0 Å². The van der Waals surface area contributed by atoms with Gasteiger partial charge in [-0.1, -0.05) is 60.7 Å². The highest BCUT2D eigenvalue weighted by molar-refractivity contribution is 5.81. The molecule has 2 aromatic rings. The van der Waals surface area contributed by atoms with Crippen LogP contribution in [0.15, 0.2) is 60.7 Å². The topological polar surface area (TPSA) is 64.6 Å². The lowest BCUT2D eigenvalue weighted by molar-refractivity contribution is -0.142. The van der Waals surface area contributed by atoms with Crippen LogP contribution in [0, 0.1) is 0 Å². The molecule has 1 atom stereocenters. The number of esters is 1. The number of amides is 1. The molecule has 5 nitrogen and oxygen atoms in total. The number of hydrogen-bond acceptors (Lipinski definition) is 4. The number of aryl methyl sites for hydroxylation is 1. The van der Waals surface area contributed by atoms with Crippen LogP contribution in [0.25, 0.3) is 0 Å². The molecule has 132 valence electrons. The maximum Gasteiger partial charge on any atom is 0.407 e. The van der Waals surface area contributed by atoms with Crippen LogP contribution in [0.1, 0.15) is 17.5 Å². The fourth-order valence-corrected chi connectivity index (χ4v) is 2.46. The minimum atomic E-state index is -0.769. The normalized spacial score (nSPS) is 11.4. The van der Waals surface area contributed by atoms with Crippen LogP contribution < -0.4 is 5.32 Å². The summed E-state index contributed by atoms with van der Waals surface area (Å²) in [5, 5.41) is 2.58. The van der Waals surface area contributed by atoms with Crippen molar-refractivity contribution >= 4 is 12.1 Å². The van der Waals surface area contributed by atoms with Gasteiger partial charge in [0.1, 0.15) is 6.04 Å². The third-order valence-corrected chi connectivity index (χ3v) is 3.75. The number of ether oxygens (including phenoxy) is 2. The highest BCUT2D eigenvalue weighted by Crippen LogP contribution is 2.06. The molecule has 5 heteroatoms. The number of carbonyl (C=O) groups is 2. The van der Waals surface area contributed by atoms with Crippen molar-refractivity contribution < 1.29 is 19.1 Å². The summed E-state index contributed by atoms with van der Waals surface area (Å²) in [6.07, 6.45) is 1.30. The maximum atomic E-state index is 11.9. The highest BCUT2D eigenvalue weighted by atomic mass is 16.6. The second-order valence-corrected chi connectivity index (χ2v) is 5.63. The summed E-state index contributed by atoms with van der Waals surface area (Å²) in [6, 6.07) is 18.7. The fourth-order valence-electron chi connectivity index (χ4n) is 2.46. The van der Waals surface area contributed by atoms with Gasteiger partial charge in [-0.3, -0.25) is 0 Å². The molecule has 0 aromatic heterocycles. The zero-order valence-corrected chi connectivity index (χ0v) is 14.3. The summed E-state index contributed by atoms with van der Waals surface area (Å²) in [5.41, 5.74) is 2.13. The molecule has 1 amide bonds. The Kier molecular flexibility index (Phi) is 7.50. The van der Waals surface area contributed by atoms with Crippen LogP contribution in [0.5, 0.6) is 0 Å². The van der Waals surface area contributed by atoms with Crippen LogP contribution in [0.4, 0.5) is 4.79 Å². The average molecular weight is 341 g/mol. The summed E-state index contributed by atoms with van der Waals surface area (Å²) < 4.78 is 9.93. The second kappa shape index (κ2) is 10.1. The first-order valence-corrected chi connectivity index (χ1v) is 8.28. The Morgan fingerprint density at radius 2 is 1.56 bits per heavy atom. The molecule has 2 aromatic carbocycles. The quantitative estimate of drug-likeness (QED) is 0.592. The van der Waals surface area contributed by atoms with Crippen LogP contribution in [0.3, 0.4) is 0 Å². The summed E-state index contributed by atoms with van der Waals surface area (Å²) in [4.78, 5) is 23.8. The molecule has 0 aliphatic heterocycles. The predicted octanol–water partition coefficient (Wildman–Crippen LogP) is 3.13. The van der Waals surface area contributed by atoms with Crippen LogP contribution in [-0.4, -0.2) is 31.8 Å². The van der Waals surface area contributed by atoms with Crippen molar-refractivity contribution in [3.8, 4) is 0 Å². The van der Waals surface area contributed by atoms with Crippen LogP contribution >= 0.6 is 0 Å². The van der Waals surface area contributed by atoms with Gasteiger partial charge in [0, 0.05) is 6.42 Å². The number of hydrogen-bond donors (Lipinski definition) is 1. The van der Waals surface area contributed by atoms with Gasteiger partial charge in [-0.15, -0.1) is 0 Å². The minimum Gasteiger partial charge on any atom is -0.467 e. The van der Waals surface area contributed by atoms with Crippen molar-refractivity contribution in [3.05, 3.63) is 71.8 Å². The largest absolute Gasteiger partial charge is 0.467 e. The molecule has 0 fully saturated rings. The number of methoxy groups -OCH3 is 1. The van der Waals surface area contributed by atoms with Crippen molar-refractivity contribution in [2.24, 2.45) is 0 Å². The Morgan fingerprint density at radius 3 is 2.16 bits per heavy atom. The van der Waals surface area contributed by atoms with Crippen molar-refractivity contribution in [2.75, 3.05) is 13.7 Å². The number of nitrogens with one attached hydrogen (secondary N) is 1. The zero-order valence-electron chi connectivity index (χ0n) is 14.3. The number of alkyl carbamates (subject to hydrolysis) is 1. The fraction of sp³-hybridized carbons (Fsp3) is 0.300. The van der Waals surface area contributed by atoms with Gasteiger partial charge in [0.15, 0.2) is 0 Å². The summed E-state index contributed by atoms with van der Waals surface area (Å²) >= 11 is 0. The standard InChI is InChI=1S/C20H23NO4/c1-24-19(22)18(15-17-11-6-3-7-12-17)21-20(23)25-14-8-13-16-9-4-2-5-10-16/h2-7,9-12,18H,8,13-15H2,1H3,(H,21,23)/t18-/m0/s1. The number of rotatable bonds is 8. The van der Waals surface area contributed by atoms with E-state index >= 15 is 0 Å². The lowest BCUT2D eigenvalue weighted by atomic mass is 10.1. The molecule has 25 heavy (non-hydrogen) atoms. The number of carbonyl (C=O) groups excluding carboxylic acids is 2. The lowest BCUT2D eigenvalue weighted by Crippen LogP contribution is -2.43. The third kappa shape index (κ3) is 6.67. The van der Waals surface area contributed by atoms with Gasteiger partial charge >= 0.3 is 12.1 Å². The molecule has 2 rings (SSSR count). The van der Waals surface area contributed by atoms with Gasteiger partial charge in [0.05, 0.1) is 13.7 Å². The third-order valence-electron chi connectivity index (χ3n) is 3.75. The molecule has 0 bridgehead atoms. The molecule has 0 aliphatic carbocycles. The van der Waals surface area contributed by atoms with E-state index in [2.05, 4.69) is 5.32 Å². The van der Waals surface area contributed by atoms with Gasteiger partial charge in [-0.25, -0.2) is 9.59 Å². The molecule has 1 N–H and O–H groups in total. The molecular formula is C20H23NO4. The number of benzene rings is 2. The molecule has 0 heterocycles. The van der Waals surface area contributed by atoms with Crippen LogP contribution in [0.2, 0.25) is 0 Å². The second-order valence-electron chi connectivity index (χ2n) is 5.63.